The topological polar surface area (TPSA) is 55.1 Å². The van der Waals surface area contributed by atoms with Gasteiger partial charge in [0.05, 0.1) is 6.04 Å². The highest BCUT2D eigenvalue weighted by Crippen LogP contribution is 2.21. The summed E-state index contributed by atoms with van der Waals surface area (Å²) in [5.41, 5.74) is 8.42. The summed E-state index contributed by atoms with van der Waals surface area (Å²) in [7, 11) is 0. The van der Waals surface area contributed by atoms with Gasteiger partial charge in [-0.3, -0.25) is 4.79 Å². The average molecular weight is 296 g/mol. The molecule has 3 nitrogen and oxygen atoms in total. The maximum atomic E-state index is 12.5. The number of carbonyl (C=O) groups is 1. The molecular weight excluding hydrogens is 272 g/mol. The molecule has 3 heteroatoms. The van der Waals surface area contributed by atoms with Gasteiger partial charge in [-0.25, -0.2) is 0 Å². The monoisotopic (exact) mass is 296 g/mol. The molecule has 22 heavy (non-hydrogen) atoms. The van der Waals surface area contributed by atoms with E-state index in [1.165, 1.54) is 0 Å². The Labute approximate surface area is 132 Å². The van der Waals surface area contributed by atoms with Gasteiger partial charge in [0, 0.05) is 12.1 Å². The first-order chi connectivity index (χ1) is 10.6. The van der Waals surface area contributed by atoms with Gasteiger partial charge in [-0.05, 0) is 35.6 Å². The molecule has 2 aromatic carbocycles. The van der Waals surface area contributed by atoms with E-state index in [0.717, 1.165) is 17.5 Å². The number of hydrogen-bond acceptors (Lipinski definition) is 2. The number of rotatable bonds is 6. The maximum Gasteiger partial charge on any atom is 0.251 e. The van der Waals surface area contributed by atoms with Gasteiger partial charge >= 0.3 is 0 Å². The Balaban J connectivity index is 2.13. The van der Waals surface area contributed by atoms with Crippen LogP contribution in [0.4, 0.5) is 0 Å². The Morgan fingerprint density at radius 2 is 1.68 bits per heavy atom. The van der Waals surface area contributed by atoms with Gasteiger partial charge in [0.15, 0.2) is 0 Å². The molecule has 0 spiro atoms. The predicted molar refractivity (Wildman–Crippen MR) is 90.4 cm³/mol. The van der Waals surface area contributed by atoms with Crippen LogP contribution in [0.1, 0.15) is 47.8 Å². The van der Waals surface area contributed by atoms with Crippen LogP contribution in [0.2, 0.25) is 0 Å². The summed E-state index contributed by atoms with van der Waals surface area (Å²) in [6.07, 6.45) is 0.913. The fraction of sp³-hybridized carbons (Fsp3) is 0.316. The normalized spacial score (nSPS) is 12.2. The second kappa shape index (κ2) is 7.76. The molecule has 1 amide bonds. The van der Waals surface area contributed by atoms with Crippen molar-refractivity contribution in [2.45, 2.75) is 32.9 Å². The summed E-state index contributed by atoms with van der Waals surface area (Å²) in [5.74, 6) is 0.461. The van der Waals surface area contributed by atoms with Crippen molar-refractivity contribution in [3.63, 3.8) is 0 Å². The molecule has 3 N–H and O–H groups in total. The first kappa shape index (κ1) is 16.2. The fourth-order valence-electron chi connectivity index (χ4n) is 2.47. The van der Waals surface area contributed by atoms with Crippen molar-refractivity contribution in [3.8, 4) is 0 Å². The number of nitrogens with two attached hydrogens (primary N) is 1. The van der Waals surface area contributed by atoms with Gasteiger partial charge in [-0.1, -0.05) is 56.3 Å². The van der Waals surface area contributed by atoms with Crippen molar-refractivity contribution < 1.29 is 4.79 Å². The first-order valence-corrected chi connectivity index (χ1v) is 7.75. The highest BCUT2D eigenvalue weighted by Gasteiger charge is 2.16. The van der Waals surface area contributed by atoms with Gasteiger partial charge in [-0.2, -0.15) is 0 Å². The number of hydrogen-bond donors (Lipinski definition) is 2. The Kier molecular flexibility index (Phi) is 5.73. The Hall–Kier alpha value is -2.13. The number of benzene rings is 2. The highest BCUT2D eigenvalue weighted by molar-refractivity contribution is 5.94. The zero-order chi connectivity index (χ0) is 15.9. The van der Waals surface area contributed by atoms with Crippen LogP contribution in [0.15, 0.2) is 54.6 Å². The Morgan fingerprint density at radius 1 is 1.05 bits per heavy atom. The second-order valence-corrected chi connectivity index (χ2v) is 5.97. The SMILES string of the molecule is CC(C)CC(NC(=O)c1ccc(CN)cc1)c1ccccc1. The molecule has 0 saturated carbocycles. The summed E-state index contributed by atoms with van der Waals surface area (Å²) in [5, 5.41) is 3.15. The molecule has 2 rings (SSSR count). The molecule has 0 radical (unpaired) electrons. The molecule has 0 saturated heterocycles. The molecule has 0 aliphatic rings. The van der Waals surface area contributed by atoms with Gasteiger partial charge in [0.2, 0.25) is 0 Å². The highest BCUT2D eigenvalue weighted by atomic mass is 16.1. The van der Waals surface area contributed by atoms with Crippen molar-refractivity contribution in [3.05, 3.63) is 71.3 Å². The largest absolute Gasteiger partial charge is 0.345 e. The minimum Gasteiger partial charge on any atom is -0.345 e. The van der Waals surface area contributed by atoms with E-state index >= 15 is 0 Å². The second-order valence-electron chi connectivity index (χ2n) is 5.97. The molecule has 0 fully saturated rings. The quantitative estimate of drug-likeness (QED) is 0.854. The van der Waals surface area contributed by atoms with Gasteiger partial charge in [-0.15, -0.1) is 0 Å². The molecular formula is C19H24N2O. The molecule has 0 bridgehead atoms. The van der Waals surface area contributed by atoms with Gasteiger partial charge in [0.1, 0.15) is 0 Å². The third-order valence-electron chi connectivity index (χ3n) is 3.67. The van der Waals surface area contributed by atoms with E-state index in [9.17, 15) is 4.79 Å². The maximum absolute atomic E-state index is 12.5. The van der Waals surface area contributed by atoms with E-state index in [0.29, 0.717) is 18.0 Å². The summed E-state index contributed by atoms with van der Waals surface area (Å²) in [6, 6.07) is 17.6. The number of carbonyl (C=O) groups excluding carboxylic acids is 1. The predicted octanol–water partition coefficient (Wildman–Crippen LogP) is 3.66. The van der Waals surface area contributed by atoms with Crippen LogP contribution >= 0.6 is 0 Å². The first-order valence-electron chi connectivity index (χ1n) is 7.75. The third-order valence-corrected chi connectivity index (χ3v) is 3.67. The minimum atomic E-state index is -0.0434. The lowest BCUT2D eigenvalue weighted by Gasteiger charge is -2.21. The minimum absolute atomic E-state index is 0.0304. The van der Waals surface area contributed by atoms with Crippen LogP contribution in [0.5, 0.6) is 0 Å². The van der Waals surface area contributed by atoms with Crippen LogP contribution in [0.25, 0.3) is 0 Å². The molecule has 0 heterocycles. The zero-order valence-corrected chi connectivity index (χ0v) is 13.3. The third kappa shape index (κ3) is 4.43. The summed E-state index contributed by atoms with van der Waals surface area (Å²) in [4.78, 5) is 12.5. The van der Waals surface area contributed by atoms with Crippen LogP contribution in [0, 0.1) is 5.92 Å². The van der Waals surface area contributed by atoms with Crippen LogP contribution in [-0.4, -0.2) is 5.91 Å². The van der Waals surface area contributed by atoms with Crippen LogP contribution < -0.4 is 11.1 Å². The van der Waals surface area contributed by atoms with Crippen molar-refractivity contribution >= 4 is 5.91 Å². The lowest BCUT2D eigenvalue weighted by molar-refractivity contribution is 0.0932. The standard InChI is InChI=1S/C19H24N2O/c1-14(2)12-18(16-6-4-3-5-7-16)21-19(22)17-10-8-15(13-20)9-11-17/h3-11,14,18H,12-13,20H2,1-2H3,(H,21,22). The summed E-state index contributed by atoms with van der Waals surface area (Å²) >= 11 is 0. The average Bonchev–Trinajstić information content (AvgIpc) is 2.54. The lowest BCUT2D eigenvalue weighted by atomic mass is 9.96. The van der Waals surface area contributed by atoms with E-state index in [1.807, 2.05) is 42.5 Å². The fourth-order valence-corrected chi connectivity index (χ4v) is 2.47. The summed E-state index contributed by atoms with van der Waals surface area (Å²) in [6.45, 7) is 4.82. The van der Waals surface area contributed by atoms with E-state index < -0.39 is 0 Å². The summed E-state index contributed by atoms with van der Waals surface area (Å²) < 4.78 is 0. The Bertz CT molecular complexity index is 591. The van der Waals surface area contributed by atoms with E-state index in [2.05, 4.69) is 31.3 Å². The van der Waals surface area contributed by atoms with Crippen molar-refractivity contribution in [2.24, 2.45) is 11.7 Å². The zero-order valence-electron chi connectivity index (χ0n) is 13.3. The lowest BCUT2D eigenvalue weighted by Crippen LogP contribution is -2.29. The van der Waals surface area contributed by atoms with Crippen molar-refractivity contribution in [1.82, 2.24) is 5.32 Å². The van der Waals surface area contributed by atoms with Crippen molar-refractivity contribution in [1.29, 1.82) is 0 Å². The van der Waals surface area contributed by atoms with Gasteiger partial charge in [0.25, 0.3) is 5.91 Å². The molecule has 1 atom stereocenters. The molecule has 0 aliphatic heterocycles. The van der Waals surface area contributed by atoms with Crippen LogP contribution in [-0.2, 0) is 6.54 Å². The molecule has 116 valence electrons. The Morgan fingerprint density at radius 3 is 2.23 bits per heavy atom. The smallest absolute Gasteiger partial charge is 0.251 e. The van der Waals surface area contributed by atoms with Gasteiger partial charge < -0.3 is 11.1 Å². The van der Waals surface area contributed by atoms with E-state index in [4.69, 9.17) is 5.73 Å². The molecule has 2 aromatic rings. The molecule has 1 unspecified atom stereocenters. The van der Waals surface area contributed by atoms with E-state index in [-0.39, 0.29) is 11.9 Å². The molecule has 0 aliphatic carbocycles. The molecule has 0 aromatic heterocycles. The number of nitrogens with one attached hydrogen (secondary N) is 1. The van der Waals surface area contributed by atoms with E-state index in [1.54, 1.807) is 0 Å². The van der Waals surface area contributed by atoms with Crippen LogP contribution in [0.3, 0.4) is 0 Å². The van der Waals surface area contributed by atoms with Crippen molar-refractivity contribution in [2.75, 3.05) is 0 Å². The number of amides is 1.